The first-order valence-electron chi connectivity index (χ1n) is 9.49. The molecule has 0 spiro atoms. The molecule has 0 amide bonds. The number of carbonyl (C=O) groups excluding carboxylic acids is 1. The molecule has 0 bridgehead atoms. The lowest BCUT2D eigenvalue weighted by Crippen LogP contribution is -2.46. The Morgan fingerprint density at radius 3 is 1.93 bits per heavy atom. The molecule has 0 saturated heterocycles. The van der Waals surface area contributed by atoms with Gasteiger partial charge in [-0.1, -0.05) is 6.58 Å². The van der Waals surface area contributed by atoms with Crippen molar-refractivity contribution < 1.29 is 32.3 Å². The fourth-order valence-corrected chi connectivity index (χ4v) is 4.70. The minimum absolute atomic E-state index is 0.104. The second-order valence-electron chi connectivity index (χ2n) is 5.43. The maximum Gasteiger partial charge on any atom is 0.500 e. The second-order valence-corrected chi connectivity index (χ2v) is 8.16. The van der Waals surface area contributed by atoms with Gasteiger partial charge < -0.3 is 27.5 Å². The van der Waals surface area contributed by atoms with E-state index in [0.29, 0.717) is 44.6 Å². The molecule has 0 aliphatic carbocycles. The van der Waals surface area contributed by atoms with Crippen LogP contribution in [-0.2, 0) is 32.3 Å². The highest BCUT2D eigenvalue weighted by molar-refractivity contribution is 6.60. The number of carbonyl (C=O) groups is 1. The Bertz CT molecular complexity index is 440. The van der Waals surface area contributed by atoms with Gasteiger partial charge in [-0.05, 0) is 41.0 Å². The van der Waals surface area contributed by atoms with Crippen molar-refractivity contribution in [2.45, 2.75) is 47.1 Å². The Morgan fingerprint density at radius 1 is 0.889 bits per heavy atom. The zero-order valence-electron chi connectivity index (χ0n) is 17.4. The summed E-state index contributed by atoms with van der Waals surface area (Å²) in [5, 5.41) is 0. The summed E-state index contributed by atoms with van der Waals surface area (Å²) in [6.45, 7) is 15.6. The van der Waals surface area contributed by atoms with Gasteiger partial charge in [0.15, 0.2) is 0 Å². The third-order valence-corrected chi connectivity index (χ3v) is 6.28. The molecule has 9 heteroatoms. The van der Waals surface area contributed by atoms with Gasteiger partial charge in [-0.15, -0.1) is 0 Å². The number of hydrogen-bond acceptors (Lipinski definition) is 8. The van der Waals surface area contributed by atoms with Crippen molar-refractivity contribution in [1.82, 2.24) is 0 Å². The van der Waals surface area contributed by atoms with Crippen molar-refractivity contribution in [2.24, 2.45) is 4.99 Å². The summed E-state index contributed by atoms with van der Waals surface area (Å²) in [6.07, 6.45) is 0.900. The van der Waals surface area contributed by atoms with Crippen LogP contribution in [0.15, 0.2) is 17.1 Å². The van der Waals surface area contributed by atoms with Crippen LogP contribution in [0.3, 0.4) is 0 Å². The lowest BCUT2D eigenvalue weighted by Gasteiger charge is -2.28. The highest BCUT2D eigenvalue weighted by Crippen LogP contribution is 2.18. The monoisotopic (exact) mass is 405 g/mol. The van der Waals surface area contributed by atoms with Gasteiger partial charge in [0.1, 0.15) is 13.2 Å². The van der Waals surface area contributed by atoms with Gasteiger partial charge in [-0.3, -0.25) is 0 Å². The summed E-state index contributed by atoms with van der Waals surface area (Å²) in [6, 6.07) is 0.668. The van der Waals surface area contributed by atoms with Crippen LogP contribution in [0.25, 0.3) is 0 Å². The van der Waals surface area contributed by atoms with Crippen LogP contribution in [0.1, 0.15) is 41.0 Å². The molecule has 0 heterocycles. The number of rotatable bonds is 15. The first-order valence-corrected chi connectivity index (χ1v) is 11.4. The van der Waals surface area contributed by atoms with Crippen molar-refractivity contribution in [3.05, 3.63) is 12.2 Å². The molecule has 0 saturated carbocycles. The Balaban J connectivity index is 4.47. The zero-order valence-corrected chi connectivity index (χ0v) is 18.4. The van der Waals surface area contributed by atoms with Crippen molar-refractivity contribution in [1.29, 1.82) is 0 Å². The molecular formula is C18H35NO7Si. The molecule has 8 nitrogen and oxygen atoms in total. The lowest BCUT2D eigenvalue weighted by atomic mass is 10.4. The average Bonchev–Trinajstić information content (AvgIpc) is 2.62. The number of hydrogen-bond donors (Lipinski definition) is 0. The normalized spacial score (nSPS) is 12.0. The van der Waals surface area contributed by atoms with E-state index in [1.807, 2.05) is 27.7 Å². The number of ether oxygens (including phenoxy) is 3. The first kappa shape index (κ1) is 25.6. The van der Waals surface area contributed by atoms with Gasteiger partial charge in [0.2, 0.25) is 0 Å². The molecule has 158 valence electrons. The van der Waals surface area contributed by atoms with E-state index in [1.54, 1.807) is 6.92 Å². The molecule has 0 N–H and O–H groups in total. The van der Waals surface area contributed by atoms with E-state index in [4.69, 9.17) is 27.5 Å². The molecular weight excluding hydrogens is 370 g/mol. The summed E-state index contributed by atoms with van der Waals surface area (Å²) in [7, 11) is -2.66. The Kier molecular flexibility index (Phi) is 14.8. The fourth-order valence-electron chi connectivity index (χ4n) is 2.11. The Morgan fingerprint density at radius 2 is 1.44 bits per heavy atom. The molecule has 0 unspecified atom stereocenters. The maximum absolute atomic E-state index is 11.3. The van der Waals surface area contributed by atoms with E-state index in [-0.39, 0.29) is 19.3 Å². The molecule has 0 aromatic carbocycles. The van der Waals surface area contributed by atoms with Crippen LogP contribution in [0.4, 0.5) is 0 Å². The van der Waals surface area contributed by atoms with Gasteiger partial charge in [0, 0.05) is 38.0 Å². The van der Waals surface area contributed by atoms with Gasteiger partial charge >= 0.3 is 20.9 Å². The van der Waals surface area contributed by atoms with Gasteiger partial charge in [-0.25, -0.2) is 9.79 Å². The van der Waals surface area contributed by atoms with Crippen LogP contribution in [0, 0.1) is 0 Å². The second kappa shape index (κ2) is 15.6. The summed E-state index contributed by atoms with van der Waals surface area (Å²) < 4.78 is 33.2. The largest absolute Gasteiger partial charge is 0.500 e. The van der Waals surface area contributed by atoms with E-state index in [9.17, 15) is 4.79 Å². The Hall–Kier alpha value is -1.42. The minimum atomic E-state index is -2.66. The molecule has 0 aliphatic heterocycles. The minimum Gasteiger partial charge on any atom is -0.459 e. The number of aliphatic imine (C=N–C) groups is 1. The molecule has 0 atom stereocenters. The molecule has 0 aliphatic rings. The predicted octanol–water partition coefficient (Wildman–Crippen LogP) is 2.95. The van der Waals surface area contributed by atoms with E-state index in [2.05, 4.69) is 11.6 Å². The highest BCUT2D eigenvalue weighted by Gasteiger charge is 2.39. The Labute approximate surface area is 164 Å². The molecule has 0 radical (unpaired) electrons. The van der Waals surface area contributed by atoms with Crippen molar-refractivity contribution in [3.8, 4) is 0 Å². The summed E-state index contributed by atoms with van der Waals surface area (Å²) in [4.78, 5) is 15.6. The molecule has 0 fully saturated rings. The number of esters is 1. The first-order chi connectivity index (χ1) is 12.9. The summed E-state index contributed by atoms with van der Waals surface area (Å²) in [5.74, 6) is -0.447. The van der Waals surface area contributed by atoms with Crippen molar-refractivity contribution in [2.75, 3.05) is 46.2 Å². The summed E-state index contributed by atoms with van der Waals surface area (Å²) in [5.41, 5.74) is 0.347. The van der Waals surface area contributed by atoms with E-state index in [0.717, 1.165) is 6.42 Å². The quantitative estimate of drug-likeness (QED) is 0.103. The predicted molar refractivity (Wildman–Crippen MR) is 106 cm³/mol. The standard InChI is InChI=1S/C18H35NO7Si/c1-7-21-18(23-14-13-22-17(20)16(5)6)19-12-11-15-27(24-8-2,25-9-3)26-10-4/h5,7-15H2,1-4,6H3. The van der Waals surface area contributed by atoms with Crippen LogP contribution in [0.2, 0.25) is 6.04 Å². The maximum atomic E-state index is 11.3. The highest BCUT2D eigenvalue weighted by atomic mass is 28.4. The van der Waals surface area contributed by atoms with E-state index in [1.165, 1.54) is 0 Å². The van der Waals surface area contributed by atoms with Crippen LogP contribution < -0.4 is 0 Å². The van der Waals surface area contributed by atoms with E-state index >= 15 is 0 Å². The van der Waals surface area contributed by atoms with Crippen molar-refractivity contribution in [3.63, 3.8) is 0 Å². The molecule has 27 heavy (non-hydrogen) atoms. The molecule has 0 aromatic heterocycles. The van der Waals surface area contributed by atoms with Crippen molar-refractivity contribution >= 4 is 20.9 Å². The average molecular weight is 406 g/mol. The van der Waals surface area contributed by atoms with Gasteiger partial charge in [0.25, 0.3) is 0 Å². The lowest BCUT2D eigenvalue weighted by molar-refractivity contribution is -0.139. The molecule has 0 rings (SSSR count). The van der Waals surface area contributed by atoms with Crippen LogP contribution in [-0.4, -0.2) is 67.0 Å². The van der Waals surface area contributed by atoms with Gasteiger partial charge in [-0.2, -0.15) is 0 Å². The number of nitrogens with zero attached hydrogens (tertiary/aromatic N) is 1. The van der Waals surface area contributed by atoms with E-state index < -0.39 is 14.8 Å². The smallest absolute Gasteiger partial charge is 0.459 e. The van der Waals surface area contributed by atoms with Crippen LogP contribution in [0.5, 0.6) is 0 Å². The van der Waals surface area contributed by atoms with Gasteiger partial charge in [0.05, 0.1) is 6.61 Å². The fraction of sp³-hybridized carbons (Fsp3) is 0.778. The topological polar surface area (TPSA) is 84.8 Å². The third-order valence-electron chi connectivity index (χ3n) is 3.13. The summed E-state index contributed by atoms with van der Waals surface area (Å²) >= 11 is 0. The molecule has 0 aromatic rings. The third kappa shape index (κ3) is 11.8. The zero-order chi connectivity index (χ0) is 20.5. The SMILES string of the molecule is C=C(C)C(=O)OCCOC(=NCCC[Si](OCC)(OCC)OCC)OCC. The van der Waals surface area contributed by atoms with Crippen LogP contribution >= 0.6 is 0 Å².